The third-order valence-corrected chi connectivity index (χ3v) is 4.07. The molecular formula is C12H22N2O2. The van der Waals surface area contributed by atoms with Crippen molar-refractivity contribution in [2.24, 2.45) is 0 Å². The number of nitro groups is 1. The Morgan fingerprint density at radius 2 is 1.44 bits per heavy atom. The van der Waals surface area contributed by atoms with Crippen LogP contribution in [0.3, 0.4) is 0 Å². The molecule has 92 valence electrons. The fraction of sp³-hybridized carbons (Fsp3) is 1.00. The van der Waals surface area contributed by atoms with Gasteiger partial charge in [0, 0.05) is 29.8 Å². The van der Waals surface area contributed by atoms with Crippen molar-refractivity contribution in [3.8, 4) is 0 Å². The Morgan fingerprint density at radius 3 is 2.00 bits per heavy atom. The summed E-state index contributed by atoms with van der Waals surface area (Å²) < 4.78 is 0. The van der Waals surface area contributed by atoms with Gasteiger partial charge in [0.25, 0.3) is 0 Å². The Kier molecular flexibility index (Phi) is 4.16. The van der Waals surface area contributed by atoms with Gasteiger partial charge in [-0.3, -0.25) is 10.1 Å². The van der Waals surface area contributed by atoms with Crippen LogP contribution in [0.1, 0.15) is 57.8 Å². The van der Waals surface area contributed by atoms with Crippen LogP contribution in [0.5, 0.6) is 0 Å². The van der Waals surface area contributed by atoms with E-state index in [0.29, 0.717) is 12.1 Å². The van der Waals surface area contributed by atoms with E-state index >= 15 is 0 Å². The predicted octanol–water partition coefficient (Wildman–Crippen LogP) is 2.50. The number of hydrogen-bond donors (Lipinski definition) is 1. The van der Waals surface area contributed by atoms with Crippen LogP contribution >= 0.6 is 0 Å². The van der Waals surface area contributed by atoms with E-state index in [4.69, 9.17) is 0 Å². The molecule has 2 aliphatic carbocycles. The summed E-state index contributed by atoms with van der Waals surface area (Å²) in [5, 5.41) is 14.3. The van der Waals surface area contributed by atoms with E-state index in [1.165, 1.54) is 32.1 Å². The van der Waals surface area contributed by atoms with E-state index in [9.17, 15) is 10.1 Å². The van der Waals surface area contributed by atoms with Gasteiger partial charge in [-0.15, -0.1) is 0 Å². The number of hydrogen-bond acceptors (Lipinski definition) is 3. The van der Waals surface area contributed by atoms with Crippen molar-refractivity contribution in [1.82, 2.24) is 5.32 Å². The van der Waals surface area contributed by atoms with Crippen LogP contribution in [0.2, 0.25) is 0 Å². The lowest BCUT2D eigenvalue weighted by atomic mass is 9.89. The minimum Gasteiger partial charge on any atom is -0.311 e. The highest BCUT2D eigenvalue weighted by Crippen LogP contribution is 2.24. The van der Waals surface area contributed by atoms with Gasteiger partial charge in [-0.25, -0.2) is 0 Å². The quantitative estimate of drug-likeness (QED) is 0.594. The Labute approximate surface area is 96.9 Å². The molecule has 0 saturated heterocycles. The first kappa shape index (κ1) is 11.8. The second-order valence-electron chi connectivity index (χ2n) is 5.29. The molecule has 4 heteroatoms. The normalized spacial score (nSPS) is 32.5. The molecule has 0 radical (unpaired) electrons. The fourth-order valence-corrected chi connectivity index (χ4v) is 3.06. The third kappa shape index (κ3) is 3.17. The molecule has 0 aliphatic heterocycles. The van der Waals surface area contributed by atoms with Gasteiger partial charge in [-0.05, 0) is 25.7 Å². The van der Waals surface area contributed by atoms with E-state index in [2.05, 4.69) is 5.32 Å². The maximum Gasteiger partial charge on any atom is 0.213 e. The molecule has 1 N–H and O–H groups in total. The topological polar surface area (TPSA) is 55.2 Å². The Bertz CT molecular complexity index is 231. The Hall–Kier alpha value is -0.640. The van der Waals surface area contributed by atoms with Gasteiger partial charge in [0.05, 0.1) is 0 Å². The summed E-state index contributed by atoms with van der Waals surface area (Å²) in [7, 11) is 0. The van der Waals surface area contributed by atoms with E-state index in [-0.39, 0.29) is 11.0 Å². The van der Waals surface area contributed by atoms with Crippen molar-refractivity contribution in [2.75, 3.05) is 0 Å². The molecule has 0 unspecified atom stereocenters. The highest BCUT2D eigenvalue weighted by molar-refractivity contribution is 4.81. The average molecular weight is 226 g/mol. The van der Waals surface area contributed by atoms with Crippen LogP contribution in [0.25, 0.3) is 0 Å². The zero-order valence-electron chi connectivity index (χ0n) is 9.86. The Balaban J connectivity index is 1.70. The smallest absolute Gasteiger partial charge is 0.213 e. The molecule has 0 aromatic carbocycles. The molecule has 0 amide bonds. The highest BCUT2D eigenvalue weighted by atomic mass is 16.6. The number of nitrogens with zero attached hydrogens (tertiary/aromatic N) is 1. The van der Waals surface area contributed by atoms with Crippen LogP contribution in [0.15, 0.2) is 0 Å². The second kappa shape index (κ2) is 5.62. The minimum atomic E-state index is -0.274. The lowest BCUT2D eigenvalue weighted by molar-refractivity contribution is -0.526. The van der Waals surface area contributed by atoms with Gasteiger partial charge in [0.1, 0.15) is 0 Å². The summed E-state index contributed by atoms with van der Waals surface area (Å²) in [6.45, 7) is 0. The molecule has 0 aromatic heterocycles. The summed E-state index contributed by atoms with van der Waals surface area (Å²) in [6.07, 6.45) is 10.2. The van der Waals surface area contributed by atoms with Crippen molar-refractivity contribution in [3.63, 3.8) is 0 Å². The Morgan fingerprint density at radius 1 is 0.875 bits per heavy atom. The monoisotopic (exact) mass is 226 g/mol. The zero-order valence-corrected chi connectivity index (χ0v) is 9.86. The molecule has 2 rings (SSSR count). The van der Waals surface area contributed by atoms with Gasteiger partial charge < -0.3 is 5.32 Å². The summed E-state index contributed by atoms with van der Waals surface area (Å²) in [5.41, 5.74) is 0. The van der Waals surface area contributed by atoms with Crippen LogP contribution in [-0.2, 0) is 0 Å². The van der Waals surface area contributed by atoms with Crippen LogP contribution in [0.4, 0.5) is 0 Å². The first-order valence-electron chi connectivity index (χ1n) is 6.65. The van der Waals surface area contributed by atoms with E-state index in [1.807, 2.05) is 0 Å². The van der Waals surface area contributed by atoms with E-state index in [1.54, 1.807) is 0 Å². The SMILES string of the molecule is O=[N+]([O-])C1CCC(NC2CCCCC2)CC1. The first-order chi connectivity index (χ1) is 7.75. The van der Waals surface area contributed by atoms with Gasteiger partial charge in [-0.1, -0.05) is 19.3 Å². The summed E-state index contributed by atoms with van der Waals surface area (Å²) in [6, 6.07) is 0.953. The summed E-state index contributed by atoms with van der Waals surface area (Å²) in [5.74, 6) is 0. The average Bonchev–Trinajstić information content (AvgIpc) is 2.31. The number of nitrogens with one attached hydrogen (secondary N) is 1. The first-order valence-corrected chi connectivity index (χ1v) is 6.65. The maximum atomic E-state index is 10.6. The minimum absolute atomic E-state index is 0.100. The molecule has 2 saturated carbocycles. The molecule has 0 heterocycles. The van der Waals surface area contributed by atoms with Crippen molar-refractivity contribution in [3.05, 3.63) is 10.1 Å². The molecule has 4 nitrogen and oxygen atoms in total. The summed E-state index contributed by atoms with van der Waals surface area (Å²) >= 11 is 0. The van der Waals surface area contributed by atoms with Crippen LogP contribution < -0.4 is 5.32 Å². The molecule has 0 aromatic rings. The van der Waals surface area contributed by atoms with Gasteiger partial charge >= 0.3 is 0 Å². The van der Waals surface area contributed by atoms with Crippen molar-refractivity contribution in [1.29, 1.82) is 0 Å². The fourth-order valence-electron chi connectivity index (χ4n) is 3.06. The van der Waals surface area contributed by atoms with Crippen LogP contribution in [0, 0.1) is 10.1 Å². The third-order valence-electron chi connectivity index (χ3n) is 4.07. The number of rotatable bonds is 3. The lowest BCUT2D eigenvalue weighted by Crippen LogP contribution is -2.43. The van der Waals surface area contributed by atoms with Crippen molar-refractivity contribution < 1.29 is 4.92 Å². The predicted molar refractivity (Wildman–Crippen MR) is 63.0 cm³/mol. The van der Waals surface area contributed by atoms with E-state index < -0.39 is 0 Å². The van der Waals surface area contributed by atoms with Gasteiger partial charge in [0.2, 0.25) is 6.04 Å². The second-order valence-corrected chi connectivity index (χ2v) is 5.29. The maximum absolute atomic E-state index is 10.6. The standard InChI is InChI=1S/C12H22N2O2/c15-14(16)12-8-6-11(7-9-12)13-10-4-2-1-3-5-10/h10-13H,1-9H2. The van der Waals surface area contributed by atoms with E-state index in [0.717, 1.165) is 25.7 Å². The summed E-state index contributed by atoms with van der Waals surface area (Å²) in [4.78, 5) is 10.5. The highest BCUT2D eigenvalue weighted by Gasteiger charge is 2.29. The molecule has 0 atom stereocenters. The van der Waals surface area contributed by atoms with Crippen LogP contribution in [-0.4, -0.2) is 23.0 Å². The van der Waals surface area contributed by atoms with Gasteiger partial charge in [0.15, 0.2) is 0 Å². The molecular weight excluding hydrogens is 204 g/mol. The largest absolute Gasteiger partial charge is 0.311 e. The van der Waals surface area contributed by atoms with Crippen molar-refractivity contribution >= 4 is 0 Å². The zero-order chi connectivity index (χ0) is 11.4. The molecule has 2 aliphatic rings. The molecule has 2 fully saturated rings. The van der Waals surface area contributed by atoms with Crippen molar-refractivity contribution in [2.45, 2.75) is 75.9 Å². The lowest BCUT2D eigenvalue weighted by Gasteiger charge is -2.31. The van der Waals surface area contributed by atoms with Gasteiger partial charge in [-0.2, -0.15) is 0 Å². The molecule has 0 bridgehead atoms. The molecule has 16 heavy (non-hydrogen) atoms. The molecule has 0 spiro atoms.